The maximum Gasteiger partial charge on any atom is 0.200 e. The highest BCUT2D eigenvalue weighted by atomic mass is 35.5. The molecule has 0 unspecified atom stereocenters. The van der Waals surface area contributed by atoms with E-state index >= 15 is 0 Å². The Labute approximate surface area is 156 Å². The number of rotatable bonds is 3. The predicted octanol–water partition coefficient (Wildman–Crippen LogP) is 4.98. The van der Waals surface area contributed by atoms with Crippen molar-refractivity contribution in [1.29, 1.82) is 0 Å². The molecule has 0 N–H and O–H groups in total. The first kappa shape index (κ1) is 17.1. The number of fused-ring (bicyclic) bond motifs is 3. The lowest BCUT2D eigenvalue weighted by molar-refractivity contribution is 0.0958. The molecule has 2 aromatic carbocycles. The van der Waals surface area contributed by atoms with Crippen molar-refractivity contribution in [3.8, 4) is 16.9 Å². The van der Waals surface area contributed by atoms with Crippen LogP contribution in [0.15, 0.2) is 45.6 Å². The van der Waals surface area contributed by atoms with E-state index in [0.717, 1.165) is 36.4 Å². The Bertz CT molecular complexity index is 1020. The Hall–Kier alpha value is -2.30. The van der Waals surface area contributed by atoms with Crippen molar-refractivity contribution in [3.05, 3.63) is 63.0 Å². The minimum atomic E-state index is -0.0264. The van der Waals surface area contributed by atoms with Crippen molar-refractivity contribution in [3.63, 3.8) is 0 Å². The molecule has 1 aliphatic heterocycles. The maximum atomic E-state index is 13.2. The normalized spacial score (nSPS) is 14.3. The fraction of sp³-hybridized carbons (Fsp3) is 0.286. The first-order chi connectivity index (χ1) is 12.6. The van der Waals surface area contributed by atoms with Crippen LogP contribution in [0.4, 0.5) is 0 Å². The van der Waals surface area contributed by atoms with Gasteiger partial charge in [0.2, 0.25) is 5.43 Å². The zero-order valence-corrected chi connectivity index (χ0v) is 15.6. The van der Waals surface area contributed by atoms with E-state index in [-0.39, 0.29) is 5.43 Å². The fourth-order valence-electron chi connectivity index (χ4n) is 3.53. The SMILES string of the molecule is CCCN1COc2ccc3c(=O)c(-c4ccc(Cl)cc4)c(C)oc3c2C1. The molecule has 0 bridgehead atoms. The van der Waals surface area contributed by atoms with E-state index in [9.17, 15) is 4.79 Å². The summed E-state index contributed by atoms with van der Waals surface area (Å²) in [6.07, 6.45) is 1.05. The number of nitrogens with zero attached hydrogens (tertiary/aromatic N) is 1. The summed E-state index contributed by atoms with van der Waals surface area (Å²) >= 11 is 5.97. The van der Waals surface area contributed by atoms with Gasteiger partial charge in [0.05, 0.1) is 16.5 Å². The molecule has 4 nitrogen and oxygen atoms in total. The lowest BCUT2D eigenvalue weighted by Crippen LogP contribution is -2.32. The first-order valence-electron chi connectivity index (χ1n) is 8.79. The summed E-state index contributed by atoms with van der Waals surface area (Å²) in [6.45, 7) is 6.21. The van der Waals surface area contributed by atoms with Gasteiger partial charge in [-0.25, -0.2) is 0 Å². The van der Waals surface area contributed by atoms with Crippen LogP contribution in [-0.2, 0) is 6.54 Å². The highest BCUT2D eigenvalue weighted by molar-refractivity contribution is 6.30. The van der Waals surface area contributed by atoms with Gasteiger partial charge in [-0.3, -0.25) is 9.69 Å². The molecular formula is C21H20ClNO3. The quantitative estimate of drug-likeness (QED) is 0.652. The largest absolute Gasteiger partial charge is 0.478 e. The van der Waals surface area contributed by atoms with Crippen LogP contribution in [0, 0.1) is 6.92 Å². The van der Waals surface area contributed by atoms with Gasteiger partial charge < -0.3 is 9.15 Å². The van der Waals surface area contributed by atoms with Crippen LogP contribution in [0.3, 0.4) is 0 Å². The van der Waals surface area contributed by atoms with Crippen LogP contribution in [-0.4, -0.2) is 18.2 Å². The zero-order chi connectivity index (χ0) is 18.3. The second kappa shape index (κ2) is 6.78. The highest BCUT2D eigenvalue weighted by Crippen LogP contribution is 2.34. The minimum absolute atomic E-state index is 0.0264. The zero-order valence-electron chi connectivity index (χ0n) is 14.8. The van der Waals surface area contributed by atoms with Crippen molar-refractivity contribution < 1.29 is 9.15 Å². The van der Waals surface area contributed by atoms with Crippen molar-refractivity contribution >= 4 is 22.6 Å². The molecule has 1 aliphatic rings. The molecule has 4 rings (SSSR count). The molecule has 0 spiro atoms. The third-order valence-corrected chi connectivity index (χ3v) is 5.01. The lowest BCUT2D eigenvalue weighted by Gasteiger charge is -2.29. The number of halogens is 1. The van der Waals surface area contributed by atoms with Gasteiger partial charge in [-0.15, -0.1) is 0 Å². The Morgan fingerprint density at radius 1 is 1.15 bits per heavy atom. The second-order valence-electron chi connectivity index (χ2n) is 6.61. The minimum Gasteiger partial charge on any atom is -0.478 e. The van der Waals surface area contributed by atoms with Gasteiger partial charge in [0.1, 0.15) is 23.8 Å². The Balaban J connectivity index is 1.90. The maximum absolute atomic E-state index is 13.2. The van der Waals surface area contributed by atoms with Gasteiger partial charge in [-0.2, -0.15) is 0 Å². The molecule has 0 atom stereocenters. The van der Waals surface area contributed by atoms with Gasteiger partial charge in [-0.1, -0.05) is 30.7 Å². The van der Waals surface area contributed by atoms with Crippen LogP contribution in [0.25, 0.3) is 22.1 Å². The van der Waals surface area contributed by atoms with Crippen LogP contribution >= 0.6 is 11.6 Å². The van der Waals surface area contributed by atoms with E-state index in [4.69, 9.17) is 20.8 Å². The Kier molecular flexibility index (Phi) is 4.47. The second-order valence-corrected chi connectivity index (χ2v) is 7.05. The third kappa shape index (κ3) is 2.89. The summed E-state index contributed by atoms with van der Waals surface area (Å²) < 4.78 is 12.0. The van der Waals surface area contributed by atoms with E-state index < -0.39 is 0 Å². The number of aryl methyl sites for hydroxylation is 1. The molecule has 26 heavy (non-hydrogen) atoms. The number of hydrogen-bond acceptors (Lipinski definition) is 4. The summed E-state index contributed by atoms with van der Waals surface area (Å²) in [6, 6.07) is 10.9. The van der Waals surface area contributed by atoms with Crippen molar-refractivity contribution in [2.75, 3.05) is 13.3 Å². The van der Waals surface area contributed by atoms with E-state index in [1.54, 1.807) is 18.2 Å². The molecule has 0 radical (unpaired) electrons. The van der Waals surface area contributed by atoms with Crippen LogP contribution in [0.5, 0.6) is 5.75 Å². The van der Waals surface area contributed by atoms with Crippen molar-refractivity contribution in [1.82, 2.24) is 4.90 Å². The molecular weight excluding hydrogens is 350 g/mol. The number of ether oxygens (including phenoxy) is 1. The molecule has 134 valence electrons. The number of hydrogen-bond donors (Lipinski definition) is 0. The summed E-state index contributed by atoms with van der Waals surface area (Å²) in [5.74, 6) is 1.40. The standard InChI is InChI=1S/C21H20ClNO3/c1-3-10-23-11-17-18(25-12-23)9-8-16-20(24)19(13(2)26-21(16)17)14-4-6-15(22)7-5-14/h4-9H,3,10-12H2,1-2H3. The van der Waals surface area contributed by atoms with E-state index in [1.165, 1.54) is 0 Å². The fourth-order valence-corrected chi connectivity index (χ4v) is 3.66. The van der Waals surface area contributed by atoms with E-state index in [0.29, 0.717) is 34.0 Å². The van der Waals surface area contributed by atoms with Crippen LogP contribution in [0.1, 0.15) is 24.7 Å². The molecule has 2 heterocycles. The smallest absolute Gasteiger partial charge is 0.200 e. The van der Waals surface area contributed by atoms with Crippen molar-refractivity contribution in [2.45, 2.75) is 26.8 Å². The predicted molar refractivity (Wildman–Crippen MR) is 104 cm³/mol. The third-order valence-electron chi connectivity index (χ3n) is 4.75. The van der Waals surface area contributed by atoms with Gasteiger partial charge in [0, 0.05) is 18.1 Å². The van der Waals surface area contributed by atoms with Gasteiger partial charge >= 0.3 is 0 Å². The summed E-state index contributed by atoms with van der Waals surface area (Å²) in [5.41, 5.74) is 2.94. The average Bonchev–Trinajstić information content (AvgIpc) is 2.63. The number of benzene rings is 2. The molecule has 5 heteroatoms. The van der Waals surface area contributed by atoms with Gasteiger partial charge in [0.15, 0.2) is 0 Å². The molecule has 0 fully saturated rings. The summed E-state index contributed by atoms with van der Waals surface area (Å²) in [4.78, 5) is 15.4. The van der Waals surface area contributed by atoms with E-state index in [2.05, 4.69) is 11.8 Å². The monoisotopic (exact) mass is 369 g/mol. The van der Waals surface area contributed by atoms with Gasteiger partial charge in [-0.05, 0) is 43.2 Å². The Morgan fingerprint density at radius 3 is 2.65 bits per heavy atom. The first-order valence-corrected chi connectivity index (χ1v) is 9.16. The molecule has 3 aromatic rings. The molecule has 0 saturated heterocycles. The molecule has 0 amide bonds. The lowest BCUT2D eigenvalue weighted by atomic mass is 10.0. The van der Waals surface area contributed by atoms with E-state index in [1.807, 2.05) is 25.1 Å². The van der Waals surface area contributed by atoms with Crippen molar-refractivity contribution in [2.24, 2.45) is 0 Å². The molecule has 1 aromatic heterocycles. The summed E-state index contributed by atoms with van der Waals surface area (Å²) in [7, 11) is 0. The van der Waals surface area contributed by atoms with Crippen LogP contribution in [0.2, 0.25) is 5.02 Å². The molecule has 0 saturated carbocycles. The average molecular weight is 370 g/mol. The summed E-state index contributed by atoms with van der Waals surface area (Å²) in [5, 5.41) is 1.22. The highest BCUT2D eigenvalue weighted by Gasteiger charge is 2.23. The topological polar surface area (TPSA) is 42.7 Å². The molecule has 0 aliphatic carbocycles. The van der Waals surface area contributed by atoms with Gasteiger partial charge in [0.25, 0.3) is 0 Å². The van der Waals surface area contributed by atoms with Crippen LogP contribution < -0.4 is 10.2 Å². The Morgan fingerprint density at radius 2 is 1.92 bits per heavy atom.